The number of alkyl halides is 3. The van der Waals surface area contributed by atoms with E-state index < -0.39 is 11.9 Å². The Labute approximate surface area is 104 Å². The molecule has 1 aromatic carbocycles. The van der Waals surface area contributed by atoms with E-state index >= 15 is 0 Å². The molecule has 0 heterocycles. The number of allylic oxidation sites excluding steroid dienone is 1. The molecule has 0 atom stereocenters. The first-order valence-electron chi connectivity index (χ1n) is 5.35. The minimum Gasteiger partial charge on any atom is -0.372 e. The molecular formula is C12H16F3N3. The monoisotopic (exact) mass is 259 g/mol. The highest BCUT2D eigenvalue weighted by Crippen LogP contribution is 2.32. The molecule has 3 nitrogen and oxygen atoms in total. The van der Waals surface area contributed by atoms with E-state index in [9.17, 15) is 13.2 Å². The molecule has 0 aromatic heterocycles. The van der Waals surface area contributed by atoms with Gasteiger partial charge in [0.15, 0.2) is 0 Å². The highest BCUT2D eigenvalue weighted by atomic mass is 19.4. The Kier molecular flexibility index (Phi) is 4.61. The number of hydrazine groups is 1. The quantitative estimate of drug-likeness (QED) is 0.812. The molecule has 0 aliphatic heterocycles. The molecule has 0 radical (unpaired) electrons. The highest BCUT2D eigenvalue weighted by Gasteiger charge is 2.38. The lowest BCUT2D eigenvalue weighted by Crippen LogP contribution is -2.34. The van der Waals surface area contributed by atoms with Crippen molar-refractivity contribution in [1.82, 2.24) is 15.8 Å². The zero-order chi connectivity index (χ0) is 13.8. The lowest BCUT2D eigenvalue weighted by atomic mass is 10.1. The minimum absolute atomic E-state index is 0.00407. The van der Waals surface area contributed by atoms with Gasteiger partial charge in [0.25, 0.3) is 0 Å². The number of hydrogen-bond acceptors (Lipinski definition) is 3. The fourth-order valence-corrected chi connectivity index (χ4v) is 1.62. The molecule has 2 N–H and O–H groups in total. The van der Waals surface area contributed by atoms with Crippen LogP contribution in [0.3, 0.4) is 0 Å². The van der Waals surface area contributed by atoms with Crippen LogP contribution in [0.2, 0.25) is 0 Å². The molecule has 1 rings (SSSR count). The van der Waals surface area contributed by atoms with Crippen LogP contribution in [-0.2, 0) is 0 Å². The molecule has 0 bridgehead atoms. The predicted octanol–water partition coefficient (Wildman–Crippen LogP) is 2.20. The van der Waals surface area contributed by atoms with Crippen LogP contribution in [0.4, 0.5) is 13.2 Å². The van der Waals surface area contributed by atoms with Crippen molar-refractivity contribution in [2.75, 3.05) is 21.1 Å². The van der Waals surface area contributed by atoms with E-state index in [1.807, 2.05) is 0 Å². The molecule has 6 heteroatoms. The van der Waals surface area contributed by atoms with E-state index in [4.69, 9.17) is 0 Å². The van der Waals surface area contributed by atoms with Crippen LogP contribution < -0.4 is 10.9 Å². The largest absolute Gasteiger partial charge is 0.433 e. The third-order valence-electron chi connectivity index (χ3n) is 2.26. The fraction of sp³-hybridized carbons (Fsp3) is 0.333. The van der Waals surface area contributed by atoms with Crippen molar-refractivity contribution in [2.45, 2.75) is 6.18 Å². The highest BCUT2D eigenvalue weighted by molar-refractivity contribution is 5.67. The maximum absolute atomic E-state index is 13.1. The van der Waals surface area contributed by atoms with Crippen molar-refractivity contribution >= 4 is 5.70 Å². The van der Waals surface area contributed by atoms with Crippen molar-refractivity contribution in [2.24, 2.45) is 0 Å². The third-order valence-corrected chi connectivity index (χ3v) is 2.26. The zero-order valence-corrected chi connectivity index (χ0v) is 10.5. The third kappa shape index (κ3) is 3.40. The predicted molar refractivity (Wildman–Crippen MR) is 65.3 cm³/mol. The molecule has 0 saturated carbocycles. The second-order valence-electron chi connectivity index (χ2n) is 3.86. The number of hydrogen-bond donors (Lipinski definition) is 2. The van der Waals surface area contributed by atoms with Crippen LogP contribution in [0.15, 0.2) is 36.0 Å². The van der Waals surface area contributed by atoms with Crippen LogP contribution in [0.1, 0.15) is 5.56 Å². The average Bonchev–Trinajstić information content (AvgIpc) is 2.27. The van der Waals surface area contributed by atoms with Gasteiger partial charge in [-0.05, 0) is 0 Å². The minimum atomic E-state index is -4.43. The van der Waals surface area contributed by atoms with Gasteiger partial charge in [-0.3, -0.25) is 0 Å². The lowest BCUT2D eigenvalue weighted by Gasteiger charge is -2.24. The molecule has 0 fully saturated rings. The SMILES string of the molecule is CNN/C(=C(\N(C)C)C(F)(F)F)c1ccccc1. The van der Waals surface area contributed by atoms with E-state index in [2.05, 4.69) is 10.9 Å². The summed E-state index contributed by atoms with van der Waals surface area (Å²) in [5, 5.41) is 0. The molecule has 0 aliphatic carbocycles. The smallest absolute Gasteiger partial charge is 0.372 e. The van der Waals surface area contributed by atoms with Crippen molar-refractivity contribution in [3.63, 3.8) is 0 Å². The van der Waals surface area contributed by atoms with Crippen LogP contribution in [0.5, 0.6) is 0 Å². The number of rotatable bonds is 4. The van der Waals surface area contributed by atoms with Gasteiger partial charge < -0.3 is 10.3 Å². The van der Waals surface area contributed by atoms with Crippen molar-refractivity contribution in [3.8, 4) is 0 Å². The fourth-order valence-electron chi connectivity index (χ4n) is 1.62. The number of benzene rings is 1. The molecule has 100 valence electrons. The number of nitrogens with zero attached hydrogens (tertiary/aromatic N) is 1. The Hall–Kier alpha value is -1.69. The van der Waals surface area contributed by atoms with Gasteiger partial charge >= 0.3 is 6.18 Å². The summed E-state index contributed by atoms with van der Waals surface area (Å²) in [6.07, 6.45) is -4.43. The zero-order valence-electron chi connectivity index (χ0n) is 10.5. The molecular weight excluding hydrogens is 243 g/mol. The van der Waals surface area contributed by atoms with Gasteiger partial charge in [0.05, 0.1) is 5.70 Å². The summed E-state index contributed by atoms with van der Waals surface area (Å²) in [6, 6.07) is 8.37. The van der Waals surface area contributed by atoms with Crippen molar-refractivity contribution in [1.29, 1.82) is 0 Å². The first-order chi connectivity index (χ1) is 8.38. The van der Waals surface area contributed by atoms with Crippen LogP contribution in [-0.4, -0.2) is 32.2 Å². The van der Waals surface area contributed by atoms with Gasteiger partial charge in [0.2, 0.25) is 0 Å². The molecule has 0 amide bonds. The maximum atomic E-state index is 13.1. The molecule has 18 heavy (non-hydrogen) atoms. The first-order valence-corrected chi connectivity index (χ1v) is 5.35. The Morgan fingerprint density at radius 1 is 1.11 bits per heavy atom. The Bertz CT molecular complexity index is 410. The first kappa shape index (κ1) is 14.4. The molecule has 0 aliphatic rings. The summed E-state index contributed by atoms with van der Waals surface area (Å²) in [4.78, 5) is 1.05. The van der Waals surface area contributed by atoms with Gasteiger partial charge in [0, 0.05) is 26.7 Å². The maximum Gasteiger partial charge on any atom is 0.433 e. The Balaban J connectivity index is 3.39. The van der Waals surface area contributed by atoms with E-state index in [0.29, 0.717) is 5.56 Å². The van der Waals surface area contributed by atoms with Gasteiger partial charge in [-0.15, -0.1) is 0 Å². The number of halogens is 3. The lowest BCUT2D eigenvalue weighted by molar-refractivity contribution is -0.107. The van der Waals surface area contributed by atoms with E-state index in [-0.39, 0.29) is 5.70 Å². The topological polar surface area (TPSA) is 27.3 Å². The summed E-state index contributed by atoms with van der Waals surface area (Å²) < 4.78 is 39.2. The summed E-state index contributed by atoms with van der Waals surface area (Å²) in [5.41, 5.74) is 4.82. The van der Waals surface area contributed by atoms with Gasteiger partial charge in [-0.1, -0.05) is 30.3 Å². The van der Waals surface area contributed by atoms with E-state index in [0.717, 1.165) is 4.90 Å². The molecule has 0 saturated heterocycles. The van der Waals surface area contributed by atoms with Crippen LogP contribution >= 0.6 is 0 Å². The standard InChI is InChI=1S/C12H16F3N3/c1-16-17-10(9-7-5-4-6-8-9)11(18(2)3)12(13,14)15/h4-8,16-17H,1-3H3/b11-10-. The van der Waals surface area contributed by atoms with Crippen molar-refractivity contribution in [3.05, 3.63) is 41.6 Å². The van der Waals surface area contributed by atoms with E-state index in [1.165, 1.54) is 21.1 Å². The Morgan fingerprint density at radius 2 is 1.67 bits per heavy atom. The van der Waals surface area contributed by atoms with Gasteiger partial charge in [0.1, 0.15) is 5.70 Å². The van der Waals surface area contributed by atoms with Gasteiger partial charge in [-0.25, -0.2) is 5.43 Å². The summed E-state index contributed by atoms with van der Waals surface area (Å²) in [7, 11) is 4.25. The van der Waals surface area contributed by atoms with E-state index in [1.54, 1.807) is 30.3 Å². The summed E-state index contributed by atoms with van der Waals surface area (Å²) in [6.45, 7) is 0. The molecule has 0 spiro atoms. The van der Waals surface area contributed by atoms with Crippen LogP contribution in [0, 0.1) is 0 Å². The van der Waals surface area contributed by atoms with Gasteiger partial charge in [-0.2, -0.15) is 13.2 Å². The average molecular weight is 259 g/mol. The van der Waals surface area contributed by atoms with Crippen molar-refractivity contribution < 1.29 is 13.2 Å². The summed E-state index contributed by atoms with van der Waals surface area (Å²) >= 11 is 0. The second kappa shape index (κ2) is 5.77. The normalized spacial score (nSPS) is 13.0. The molecule has 0 unspecified atom stereocenters. The second-order valence-corrected chi connectivity index (χ2v) is 3.86. The molecule has 1 aromatic rings. The summed E-state index contributed by atoms with van der Waals surface area (Å²) in [5.74, 6) is 0. The Morgan fingerprint density at radius 3 is 2.06 bits per heavy atom. The van der Waals surface area contributed by atoms with Crippen LogP contribution in [0.25, 0.3) is 5.70 Å². The number of nitrogens with one attached hydrogen (secondary N) is 2.